The number of ether oxygens (including phenoxy) is 1. The Morgan fingerprint density at radius 2 is 2.06 bits per heavy atom. The van der Waals surface area contributed by atoms with Crippen LogP contribution in [0.5, 0.6) is 0 Å². The molecular weight excluding hydrogens is 236 g/mol. The summed E-state index contributed by atoms with van der Waals surface area (Å²) in [6, 6.07) is 0. The standard InChI is InChI=1S/C12H24N2O2S/c1-12(15)13-4-10-17-11-9-16-8-7-14-5-2-3-6-14/h2-11H2,1H3,(H,13,15). The molecule has 100 valence electrons. The second-order valence-electron chi connectivity index (χ2n) is 4.26. The molecule has 0 aliphatic carbocycles. The first kappa shape index (κ1) is 14.8. The smallest absolute Gasteiger partial charge is 0.216 e. The van der Waals surface area contributed by atoms with E-state index in [0.29, 0.717) is 0 Å². The fourth-order valence-electron chi connectivity index (χ4n) is 1.82. The van der Waals surface area contributed by atoms with Crippen molar-refractivity contribution in [1.82, 2.24) is 10.2 Å². The third kappa shape index (κ3) is 8.46. The minimum Gasteiger partial charge on any atom is -0.379 e. The Balaban J connectivity index is 1.73. The highest BCUT2D eigenvalue weighted by Gasteiger charge is 2.09. The van der Waals surface area contributed by atoms with E-state index in [1.807, 2.05) is 11.8 Å². The third-order valence-electron chi connectivity index (χ3n) is 2.74. The van der Waals surface area contributed by atoms with E-state index in [9.17, 15) is 4.79 Å². The van der Waals surface area contributed by atoms with Crippen molar-refractivity contribution in [1.29, 1.82) is 0 Å². The molecule has 1 saturated heterocycles. The van der Waals surface area contributed by atoms with E-state index in [1.165, 1.54) is 25.9 Å². The maximum absolute atomic E-state index is 10.6. The van der Waals surface area contributed by atoms with Gasteiger partial charge in [0, 0.05) is 31.5 Å². The summed E-state index contributed by atoms with van der Waals surface area (Å²) in [4.78, 5) is 13.1. The van der Waals surface area contributed by atoms with Crippen LogP contribution in [0.15, 0.2) is 0 Å². The maximum Gasteiger partial charge on any atom is 0.216 e. The van der Waals surface area contributed by atoms with Gasteiger partial charge in [0.1, 0.15) is 0 Å². The van der Waals surface area contributed by atoms with Crippen LogP contribution in [0.1, 0.15) is 19.8 Å². The summed E-state index contributed by atoms with van der Waals surface area (Å²) in [5.41, 5.74) is 0. The molecule has 0 radical (unpaired) electrons. The molecule has 4 nitrogen and oxygen atoms in total. The van der Waals surface area contributed by atoms with Crippen molar-refractivity contribution < 1.29 is 9.53 Å². The van der Waals surface area contributed by atoms with Gasteiger partial charge in [-0.05, 0) is 25.9 Å². The average Bonchev–Trinajstić information content (AvgIpc) is 2.79. The lowest BCUT2D eigenvalue weighted by molar-refractivity contribution is -0.118. The van der Waals surface area contributed by atoms with Gasteiger partial charge in [-0.1, -0.05) is 0 Å². The summed E-state index contributed by atoms with van der Waals surface area (Å²) in [7, 11) is 0. The fourth-order valence-corrected chi connectivity index (χ4v) is 2.51. The molecule has 0 aromatic carbocycles. The third-order valence-corrected chi connectivity index (χ3v) is 3.69. The molecule has 0 unspecified atom stereocenters. The lowest BCUT2D eigenvalue weighted by Crippen LogP contribution is -2.24. The fraction of sp³-hybridized carbons (Fsp3) is 0.917. The summed E-state index contributed by atoms with van der Waals surface area (Å²) in [6.07, 6.45) is 2.69. The molecular formula is C12H24N2O2S. The van der Waals surface area contributed by atoms with Gasteiger partial charge in [-0.15, -0.1) is 0 Å². The molecule has 1 aliphatic heterocycles. The Morgan fingerprint density at radius 1 is 1.29 bits per heavy atom. The first-order valence-electron chi connectivity index (χ1n) is 6.41. The van der Waals surface area contributed by atoms with Crippen LogP contribution in [0.3, 0.4) is 0 Å². The highest BCUT2D eigenvalue weighted by molar-refractivity contribution is 7.99. The van der Waals surface area contributed by atoms with Gasteiger partial charge in [0.25, 0.3) is 0 Å². The van der Waals surface area contributed by atoms with Gasteiger partial charge >= 0.3 is 0 Å². The van der Waals surface area contributed by atoms with Crippen molar-refractivity contribution in [2.75, 3.05) is 50.9 Å². The zero-order chi connectivity index (χ0) is 12.3. The molecule has 1 rings (SSSR count). The molecule has 0 saturated carbocycles. The predicted octanol–water partition coefficient (Wildman–Crippen LogP) is 0.968. The maximum atomic E-state index is 10.6. The van der Waals surface area contributed by atoms with Crippen molar-refractivity contribution >= 4 is 17.7 Å². The van der Waals surface area contributed by atoms with Crippen molar-refractivity contribution in [2.24, 2.45) is 0 Å². The number of likely N-dealkylation sites (tertiary alicyclic amines) is 1. The molecule has 0 spiro atoms. The molecule has 5 heteroatoms. The van der Waals surface area contributed by atoms with Crippen LogP contribution < -0.4 is 5.32 Å². The Morgan fingerprint density at radius 3 is 2.76 bits per heavy atom. The van der Waals surface area contributed by atoms with Gasteiger partial charge in [0.05, 0.1) is 13.2 Å². The van der Waals surface area contributed by atoms with Crippen LogP contribution >= 0.6 is 11.8 Å². The number of nitrogens with one attached hydrogen (secondary N) is 1. The van der Waals surface area contributed by atoms with Gasteiger partial charge in [-0.25, -0.2) is 0 Å². The van der Waals surface area contributed by atoms with E-state index in [1.54, 1.807) is 6.92 Å². The molecule has 0 bridgehead atoms. The van der Waals surface area contributed by atoms with Crippen LogP contribution in [-0.4, -0.2) is 61.7 Å². The zero-order valence-electron chi connectivity index (χ0n) is 10.7. The summed E-state index contributed by atoms with van der Waals surface area (Å²) in [5.74, 6) is 2.03. The quantitative estimate of drug-likeness (QED) is 0.627. The minimum atomic E-state index is 0.0486. The Bertz CT molecular complexity index is 209. The van der Waals surface area contributed by atoms with E-state index in [4.69, 9.17) is 4.74 Å². The van der Waals surface area contributed by atoms with Gasteiger partial charge in [0.15, 0.2) is 0 Å². The first-order chi connectivity index (χ1) is 8.29. The van der Waals surface area contributed by atoms with Crippen molar-refractivity contribution in [3.05, 3.63) is 0 Å². The number of rotatable bonds is 9. The highest BCUT2D eigenvalue weighted by atomic mass is 32.2. The number of amides is 1. The van der Waals surface area contributed by atoms with Crippen LogP contribution in [0, 0.1) is 0 Å². The van der Waals surface area contributed by atoms with Gasteiger partial charge < -0.3 is 15.0 Å². The normalized spacial score (nSPS) is 16.3. The molecule has 0 aromatic heterocycles. The van der Waals surface area contributed by atoms with Gasteiger partial charge in [-0.3, -0.25) is 4.79 Å². The summed E-state index contributed by atoms with van der Waals surface area (Å²) >= 11 is 1.82. The monoisotopic (exact) mass is 260 g/mol. The number of carbonyl (C=O) groups is 1. The number of thioether (sulfide) groups is 1. The number of hydrogen-bond acceptors (Lipinski definition) is 4. The first-order valence-corrected chi connectivity index (χ1v) is 7.57. The second-order valence-corrected chi connectivity index (χ2v) is 5.48. The second kappa shape index (κ2) is 9.74. The van der Waals surface area contributed by atoms with Crippen LogP contribution in [0.2, 0.25) is 0 Å². The zero-order valence-corrected chi connectivity index (χ0v) is 11.6. The Hall–Kier alpha value is -0.260. The molecule has 0 atom stereocenters. The topological polar surface area (TPSA) is 41.6 Å². The number of hydrogen-bond donors (Lipinski definition) is 1. The summed E-state index contributed by atoms with van der Waals surface area (Å²) < 4.78 is 5.57. The van der Waals surface area contributed by atoms with Gasteiger partial charge in [-0.2, -0.15) is 11.8 Å². The predicted molar refractivity (Wildman–Crippen MR) is 72.5 cm³/mol. The molecule has 1 amide bonds. The van der Waals surface area contributed by atoms with E-state index >= 15 is 0 Å². The van der Waals surface area contributed by atoms with Gasteiger partial charge in [0.2, 0.25) is 5.91 Å². The average molecular weight is 260 g/mol. The van der Waals surface area contributed by atoms with Crippen LogP contribution in [0.25, 0.3) is 0 Å². The molecule has 1 heterocycles. The number of carbonyl (C=O) groups excluding carboxylic acids is 1. The molecule has 17 heavy (non-hydrogen) atoms. The van der Waals surface area contributed by atoms with Crippen molar-refractivity contribution in [3.63, 3.8) is 0 Å². The lowest BCUT2D eigenvalue weighted by atomic mass is 10.4. The largest absolute Gasteiger partial charge is 0.379 e. The van der Waals surface area contributed by atoms with E-state index < -0.39 is 0 Å². The SMILES string of the molecule is CC(=O)NCCSCCOCCN1CCCC1. The highest BCUT2D eigenvalue weighted by Crippen LogP contribution is 2.06. The van der Waals surface area contributed by atoms with Crippen LogP contribution in [-0.2, 0) is 9.53 Å². The van der Waals surface area contributed by atoms with E-state index in [-0.39, 0.29) is 5.91 Å². The minimum absolute atomic E-state index is 0.0486. The van der Waals surface area contributed by atoms with Crippen molar-refractivity contribution in [2.45, 2.75) is 19.8 Å². The molecule has 1 aliphatic rings. The summed E-state index contributed by atoms with van der Waals surface area (Å²) in [5, 5.41) is 2.78. The van der Waals surface area contributed by atoms with Crippen LogP contribution in [0.4, 0.5) is 0 Å². The van der Waals surface area contributed by atoms with E-state index in [0.717, 1.165) is 37.8 Å². The number of nitrogens with zero attached hydrogens (tertiary/aromatic N) is 1. The molecule has 1 fully saturated rings. The van der Waals surface area contributed by atoms with E-state index in [2.05, 4.69) is 10.2 Å². The Kier molecular flexibility index (Phi) is 8.48. The Labute approximate surface area is 108 Å². The lowest BCUT2D eigenvalue weighted by Gasteiger charge is -2.14. The summed E-state index contributed by atoms with van der Waals surface area (Å²) in [6.45, 7) is 7.55. The molecule has 0 aromatic rings. The van der Waals surface area contributed by atoms with Crippen molar-refractivity contribution in [3.8, 4) is 0 Å². The molecule has 1 N–H and O–H groups in total.